The van der Waals surface area contributed by atoms with E-state index in [0.29, 0.717) is 32.2 Å². The molecule has 0 aliphatic rings. The summed E-state index contributed by atoms with van der Waals surface area (Å²) in [6, 6.07) is 3.77. The molecule has 1 heterocycles. The molecule has 0 atom stereocenters. The summed E-state index contributed by atoms with van der Waals surface area (Å²) in [4.78, 5) is 15.4. The summed E-state index contributed by atoms with van der Waals surface area (Å²) in [5.41, 5.74) is 0.613. The average molecular weight is 294 g/mol. The fourth-order valence-corrected chi connectivity index (χ4v) is 1.43. The minimum atomic E-state index is -0.487. The van der Waals surface area contributed by atoms with Crippen LogP contribution < -0.4 is 15.5 Å². The van der Waals surface area contributed by atoms with Gasteiger partial charge in [0.1, 0.15) is 20.1 Å². The third-order valence-corrected chi connectivity index (χ3v) is 2.28. The largest absolute Gasteiger partial charge is 0.475 e. The van der Waals surface area contributed by atoms with Crippen molar-refractivity contribution >= 4 is 19.4 Å². The van der Waals surface area contributed by atoms with Gasteiger partial charge in [0.25, 0.3) is 0 Å². The summed E-state index contributed by atoms with van der Waals surface area (Å²) in [5.74, 6) is 0.588. The Labute approximate surface area is 126 Å². The van der Waals surface area contributed by atoms with Gasteiger partial charge in [0, 0.05) is 12.7 Å². The molecule has 1 aromatic heterocycles. The number of rotatable bonds is 7. The van der Waals surface area contributed by atoms with E-state index in [-0.39, 0.29) is 0 Å². The van der Waals surface area contributed by atoms with Crippen molar-refractivity contribution in [2.75, 3.05) is 26.4 Å². The number of hydrogen-bond acceptors (Lipinski definition) is 5. The molecular weight excluding hydrogens is 271 g/mol. The maximum absolute atomic E-state index is 11.3. The summed E-state index contributed by atoms with van der Waals surface area (Å²) in [7, 11) is 1.98. The highest BCUT2D eigenvalue weighted by Gasteiger charge is 2.15. The Kier molecular flexibility index (Phi) is 7.01. The van der Waals surface area contributed by atoms with Crippen LogP contribution in [0.15, 0.2) is 18.3 Å². The zero-order valence-corrected chi connectivity index (χ0v) is 13.1. The Hall–Kier alpha value is -1.76. The van der Waals surface area contributed by atoms with Crippen molar-refractivity contribution in [3.8, 4) is 5.88 Å². The maximum Gasteiger partial charge on any atom is 0.407 e. The summed E-state index contributed by atoms with van der Waals surface area (Å²) in [5, 5.41) is 2.62. The first-order valence-corrected chi connectivity index (χ1v) is 6.97. The van der Waals surface area contributed by atoms with Crippen LogP contribution >= 0.6 is 0 Å². The van der Waals surface area contributed by atoms with E-state index in [1.54, 1.807) is 6.20 Å². The number of carbonyl (C=O) groups is 1. The Bertz CT molecular complexity index is 449. The lowest BCUT2D eigenvalue weighted by atomic mass is 9.98. The normalized spacial score (nSPS) is 11.0. The predicted octanol–water partition coefficient (Wildman–Crippen LogP) is 0.260. The summed E-state index contributed by atoms with van der Waals surface area (Å²) in [6.07, 6.45) is 1.27. The number of nitrogens with one attached hydrogen (secondary N) is 1. The minimum Gasteiger partial charge on any atom is -0.475 e. The van der Waals surface area contributed by atoms with Crippen molar-refractivity contribution in [3.63, 3.8) is 0 Å². The van der Waals surface area contributed by atoms with Crippen LogP contribution in [0.1, 0.15) is 20.8 Å². The summed E-state index contributed by atoms with van der Waals surface area (Å²) < 4.78 is 15.9. The van der Waals surface area contributed by atoms with Crippen molar-refractivity contribution in [1.29, 1.82) is 0 Å². The van der Waals surface area contributed by atoms with Gasteiger partial charge in [-0.2, -0.15) is 0 Å². The molecular formula is C14H23BN2O4. The van der Waals surface area contributed by atoms with Crippen LogP contribution in [0.2, 0.25) is 0 Å². The highest BCUT2D eigenvalue weighted by Crippen LogP contribution is 2.06. The van der Waals surface area contributed by atoms with Crippen LogP contribution in [0.4, 0.5) is 4.79 Å². The third kappa shape index (κ3) is 8.91. The third-order valence-electron chi connectivity index (χ3n) is 2.28. The molecule has 0 spiro atoms. The van der Waals surface area contributed by atoms with E-state index in [2.05, 4.69) is 10.3 Å². The molecule has 0 aromatic carbocycles. The number of carbonyl (C=O) groups excluding carboxylic acids is 1. The minimum absolute atomic E-state index is 0.400. The lowest BCUT2D eigenvalue weighted by Crippen LogP contribution is -2.34. The standard InChI is InChI=1S/C14H23BN2O4/c1-14(2,3)21-13(18)17-6-7-19-8-9-20-12-10-11(15)4-5-16-12/h4-5,10H,6-9,15H2,1-3H3,(H,17,18). The molecule has 0 radical (unpaired) electrons. The SMILES string of the molecule is Bc1ccnc(OCCOCCNC(=O)OC(C)(C)C)c1. The Morgan fingerprint density at radius 1 is 1.33 bits per heavy atom. The number of alkyl carbamates (subject to hydrolysis) is 1. The number of pyridine rings is 1. The molecule has 21 heavy (non-hydrogen) atoms. The molecule has 0 aliphatic heterocycles. The smallest absolute Gasteiger partial charge is 0.407 e. The van der Waals surface area contributed by atoms with Gasteiger partial charge in [-0.05, 0) is 32.9 Å². The first-order chi connectivity index (χ1) is 9.87. The van der Waals surface area contributed by atoms with E-state index in [4.69, 9.17) is 14.2 Å². The Balaban J connectivity index is 2.01. The van der Waals surface area contributed by atoms with Gasteiger partial charge in [-0.3, -0.25) is 0 Å². The van der Waals surface area contributed by atoms with E-state index in [1.807, 2.05) is 40.8 Å². The van der Waals surface area contributed by atoms with E-state index in [9.17, 15) is 4.79 Å². The predicted molar refractivity (Wildman–Crippen MR) is 83.0 cm³/mol. The van der Waals surface area contributed by atoms with E-state index >= 15 is 0 Å². The Morgan fingerprint density at radius 2 is 2.10 bits per heavy atom. The van der Waals surface area contributed by atoms with Gasteiger partial charge in [0.05, 0.1) is 13.2 Å². The molecule has 0 bridgehead atoms. The molecule has 0 saturated heterocycles. The second-order valence-electron chi connectivity index (χ2n) is 5.56. The molecule has 1 amide bonds. The van der Waals surface area contributed by atoms with Crippen molar-refractivity contribution < 1.29 is 19.0 Å². The quantitative estimate of drug-likeness (QED) is 0.577. The van der Waals surface area contributed by atoms with Crippen LogP contribution in [0.5, 0.6) is 5.88 Å². The van der Waals surface area contributed by atoms with Gasteiger partial charge in [0.2, 0.25) is 5.88 Å². The number of nitrogens with zero attached hydrogens (tertiary/aromatic N) is 1. The summed E-state index contributed by atoms with van der Waals surface area (Å²) in [6.45, 7) is 7.12. The van der Waals surface area contributed by atoms with Gasteiger partial charge in [-0.1, -0.05) is 5.46 Å². The molecule has 1 rings (SSSR count). The zero-order valence-electron chi connectivity index (χ0n) is 13.1. The molecule has 0 unspecified atom stereocenters. The topological polar surface area (TPSA) is 69.7 Å². The zero-order chi connectivity index (χ0) is 15.7. The molecule has 7 heteroatoms. The first-order valence-electron chi connectivity index (χ1n) is 6.97. The van der Waals surface area contributed by atoms with E-state index in [1.165, 1.54) is 0 Å². The van der Waals surface area contributed by atoms with Crippen molar-refractivity contribution in [2.45, 2.75) is 26.4 Å². The highest BCUT2D eigenvalue weighted by molar-refractivity contribution is 6.32. The van der Waals surface area contributed by atoms with Crippen molar-refractivity contribution in [2.24, 2.45) is 0 Å². The molecule has 116 valence electrons. The van der Waals surface area contributed by atoms with Gasteiger partial charge in [-0.25, -0.2) is 9.78 Å². The van der Waals surface area contributed by atoms with Gasteiger partial charge < -0.3 is 19.5 Å². The molecule has 0 saturated carbocycles. The van der Waals surface area contributed by atoms with Crippen molar-refractivity contribution in [1.82, 2.24) is 10.3 Å². The molecule has 6 nitrogen and oxygen atoms in total. The first kappa shape index (κ1) is 17.3. The molecule has 1 N–H and O–H groups in total. The van der Waals surface area contributed by atoms with E-state index < -0.39 is 11.7 Å². The van der Waals surface area contributed by atoms with Crippen LogP contribution in [-0.4, -0.2) is 50.9 Å². The molecule has 0 aliphatic carbocycles. The second-order valence-corrected chi connectivity index (χ2v) is 5.56. The fraction of sp³-hybridized carbons (Fsp3) is 0.571. The van der Waals surface area contributed by atoms with Crippen molar-refractivity contribution in [3.05, 3.63) is 18.3 Å². The molecule has 0 fully saturated rings. The van der Waals surface area contributed by atoms with Gasteiger partial charge in [-0.15, -0.1) is 0 Å². The number of aromatic nitrogens is 1. The van der Waals surface area contributed by atoms with Crippen LogP contribution in [0, 0.1) is 0 Å². The number of amides is 1. The van der Waals surface area contributed by atoms with Crippen LogP contribution in [0.25, 0.3) is 0 Å². The lowest BCUT2D eigenvalue weighted by molar-refractivity contribution is 0.0488. The number of hydrogen-bond donors (Lipinski definition) is 1. The summed E-state index contributed by atoms with van der Waals surface area (Å²) >= 11 is 0. The fourth-order valence-electron chi connectivity index (χ4n) is 1.43. The van der Waals surface area contributed by atoms with Gasteiger partial charge in [0.15, 0.2) is 0 Å². The average Bonchev–Trinajstić information content (AvgIpc) is 2.35. The van der Waals surface area contributed by atoms with Crippen LogP contribution in [-0.2, 0) is 9.47 Å². The van der Waals surface area contributed by atoms with Crippen LogP contribution in [0.3, 0.4) is 0 Å². The van der Waals surface area contributed by atoms with E-state index in [0.717, 1.165) is 5.46 Å². The Morgan fingerprint density at radius 3 is 2.76 bits per heavy atom. The maximum atomic E-state index is 11.3. The number of ether oxygens (including phenoxy) is 3. The lowest BCUT2D eigenvalue weighted by Gasteiger charge is -2.19. The monoisotopic (exact) mass is 294 g/mol. The highest BCUT2D eigenvalue weighted by atomic mass is 16.6. The van der Waals surface area contributed by atoms with Gasteiger partial charge >= 0.3 is 6.09 Å². The molecule has 1 aromatic rings. The second kappa shape index (κ2) is 8.51.